The molecule has 0 bridgehead atoms. The molecule has 2 aromatic rings. The lowest BCUT2D eigenvalue weighted by molar-refractivity contribution is 0.0951. The molecule has 0 aliphatic heterocycles. The van der Waals surface area contributed by atoms with Gasteiger partial charge in [0.25, 0.3) is 15.9 Å². The molecule has 0 aliphatic rings. The van der Waals surface area contributed by atoms with Gasteiger partial charge in [-0.2, -0.15) is 0 Å². The molecule has 0 radical (unpaired) electrons. The molecule has 134 valence electrons. The number of carbonyl (C=O) groups is 1. The van der Waals surface area contributed by atoms with Crippen LogP contribution in [0.1, 0.15) is 10.4 Å². The summed E-state index contributed by atoms with van der Waals surface area (Å²) >= 11 is 0. The Kier molecular flexibility index (Phi) is 6.17. The Labute approximate surface area is 149 Å². The van der Waals surface area contributed by atoms with Crippen molar-refractivity contribution in [3.05, 3.63) is 60.2 Å². The second-order valence-corrected chi connectivity index (χ2v) is 7.86. The second kappa shape index (κ2) is 8.13. The molecule has 0 atom stereocenters. The fraction of sp³-hybridized carbons (Fsp3) is 0.278. The zero-order chi connectivity index (χ0) is 18.4. The third-order valence-corrected chi connectivity index (χ3v) is 5.52. The number of hydrogen-bond donors (Lipinski definition) is 1. The summed E-state index contributed by atoms with van der Waals surface area (Å²) in [5.74, 6) is -0.228. The Bertz CT molecular complexity index is 820. The molecule has 2 rings (SSSR count). The maximum absolute atomic E-state index is 12.7. The highest BCUT2D eigenvalue weighted by atomic mass is 32.2. The van der Waals surface area contributed by atoms with E-state index < -0.39 is 10.0 Å². The van der Waals surface area contributed by atoms with Crippen molar-refractivity contribution in [1.82, 2.24) is 10.2 Å². The predicted octanol–water partition coefficient (Wildman–Crippen LogP) is 1.80. The summed E-state index contributed by atoms with van der Waals surface area (Å²) in [7, 11) is 1.66. The maximum atomic E-state index is 12.7. The van der Waals surface area contributed by atoms with Gasteiger partial charge in [0.15, 0.2) is 0 Å². The first-order chi connectivity index (χ1) is 11.8. The summed E-state index contributed by atoms with van der Waals surface area (Å²) in [6, 6.07) is 14.8. The van der Waals surface area contributed by atoms with Gasteiger partial charge >= 0.3 is 0 Å². The molecule has 1 N–H and O–H groups in total. The van der Waals surface area contributed by atoms with Crippen molar-refractivity contribution in [2.75, 3.05) is 38.5 Å². The molecule has 0 saturated carbocycles. The number of amides is 1. The fourth-order valence-electron chi connectivity index (χ4n) is 2.23. The molecule has 2 aromatic carbocycles. The summed E-state index contributed by atoms with van der Waals surface area (Å²) in [4.78, 5) is 14.4. The molecule has 0 saturated heterocycles. The maximum Gasteiger partial charge on any atom is 0.264 e. The summed E-state index contributed by atoms with van der Waals surface area (Å²) in [5, 5.41) is 2.82. The van der Waals surface area contributed by atoms with E-state index in [2.05, 4.69) is 5.32 Å². The van der Waals surface area contributed by atoms with E-state index in [1.165, 1.54) is 11.4 Å². The summed E-state index contributed by atoms with van der Waals surface area (Å²) in [5.41, 5.74) is 0.857. The normalized spacial score (nSPS) is 11.4. The van der Waals surface area contributed by atoms with E-state index in [0.29, 0.717) is 17.8 Å². The molecule has 0 aromatic heterocycles. The van der Waals surface area contributed by atoms with Crippen LogP contribution in [0.15, 0.2) is 59.5 Å². The molecule has 1 amide bonds. The number of rotatable bonds is 7. The average Bonchev–Trinajstić information content (AvgIpc) is 2.61. The lowest BCUT2D eigenvalue weighted by atomic mass is 10.2. The van der Waals surface area contributed by atoms with Crippen LogP contribution < -0.4 is 9.62 Å². The van der Waals surface area contributed by atoms with Gasteiger partial charge in [0.2, 0.25) is 0 Å². The third kappa shape index (κ3) is 4.80. The van der Waals surface area contributed by atoms with Crippen LogP contribution in [0.25, 0.3) is 0 Å². The van der Waals surface area contributed by atoms with Crippen molar-refractivity contribution in [2.24, 2.45) is 0 Å². The van der Waals surface area contributed by atoms with Crippen LogP contribution in [0, 0.1) is 0 Å². The number of nitrogens with one attached hydrogen (secondary N) is 1. The Morgan fingerprint density at radius 2 is 1.68 bits per heavy atom. The number of anilines is 1. The van der Waals surface area contributed by atoms with Crippen LogP contribution in [0.2, 0.25) is 0 Å². The van der Waals surface area contributed by atoms with E-state index in [0.717, 1.165) is 6.54 Å². The lowest BCUT2D eigenvalue weighted by Crippen LogP contribution is -2.31. The zero-order valence-corrected chi connectivity index (χ0v) is 15.5. The fourth-order valence-corrected chi connectivity index (χ4v) is 3.44. The van der Waals surface area contributed by atoms with Crippen molar-refractivity contribution in [3.8, 4) is 0 Å². The average molecular weight is 361 g/mol. The Hall–Kier alpha value is -2.38. The van der Waals surface area contributed by atoms with Gasteiger partial charge in [0.1, 0.15) is 0 Å². The Morgan fingerprint density at radius 3 is 2.32 bits per heavy atom. The molecule has 25 heavy (non-hydrogen) atoms. The van der Waals surface area contributed by atoms with Crippen molar-refractivity contribution in [2.45, 2.75) is 4.90 Å². The Balaban J connectivity index is 2.19. The van der Waals surface area contributed by atoms with Gasteiger partial charge in [-0.25, -0.2) is 8.42 Å². The first-order valence-electron chi connectivity index (χ1n) is 7.89. The molecule has 0 heterocycles. The number of benzene rings is 2. The van der Waals surface area contributed by atoms with E-state index in [-0.39, 0.29) is 10.8 Å². The van der Waals surface area contributed by atoms with Crippen LogP contribution in [-0.2, 0) is 10.0 Å². The van der Waals surface area contributed by atoms with Crippen molar-refractivity contribution in [3.63, 3.8) is 0 Å². The summed E-state index contributed by atoms with van der Waals surface area (Å²) < 4.78 is 26.5. The molecule has 7 heteroatoms. The van der Waals surface area contributed by atoms with E-state index in [4.69, 9.17) is 0 Å². The molecule has 0 unspecified atom stereocenters. The largest absolute Gasteiger partial charge is 0.351 e. The molecule has 0 spiro atoms. The van der Waals surface area contributed by atoms with Crippen LogP contribution >= 0.6 is 0 Å². The third-order valence-electron chi connectivity index (χ3n) is 3.72. The quantitative estimate of drug-likeness (QED) is 0.816. The first-order valence-corrected chi connectivity index (χ1v) is 9.33. The van der Waals surface area contributed by atoms with Crippen molar-refractivity contribution in [1.29, 1.82) is 0 Å². The van der Waals surface area contributed by atoms with Gasteiger partial charge in [-0.3, -0.25) is 9.10 Å². The van der Waals surface area contributed by atoms with Gasteiger partial charge in [0.05, 0.1) is 10.6 Å². The van der Waals surface area contributed by atoms with E-state index in [9.17, 15) is 13.2 Å². The van der Waals surface area contributed by atoms with Crippen LogP contribution in [0.5, 0.6) is 0 Å². The van der Waals surface area contributed by atoms with Crippen LogP contribution in [-0.4, -0.2) is 53.5 Å². The Morgan fingerprint density at radius 1 is 1.00 bits per heavy atom. The monoisotopic (exact) mass is 361 g/mol. The van der Waals surface area contributed by atoms with E-state index in [1.54, 1.807) is 54.6 Å². The number of hydrogen-bond acceptors (Lipinski definition) is 4. The molecule has 0 aliphatic carbocycles. The minimum Gasteiger partial charge on any atom is -0.351 e. The van der Waals surface area contributed by atoms with Crippen molar-refractivity contribution >= 4 is 21.6 Å². The molecular weight excluding hydrogens is 338 g/mol. The summed E-state index contributed by atoms with van der Waals surface area (Å²) in [6.45, 7) is 1.25. The van der Waals surface area contributed by atoms with E-state index in [1.807, 2.05) is 19.0 Å². The van der Waals surface area contributed by atoms with Gasteiger partial charge < -0.3 is 10.2 Å². The standard InChI is InChI=1S/C18H23N3O3S/c1-20(2)13-12-19-18(22)15-8-7-9-16(14-15)21(3)25(23,24)17-10-5-4-6-11-17/h4-11,14H,12-13H2,1-3H3,(H,19,22). The first kappa shape index (κ1) is 19.0. The summed E-state index contributed by atoms with van der Waals surface area (Å²) in [6.07, 6.45) is 0. The topological polar surface area (TPSA) is 69.7 Å². The van der Waals surface area contributed by atoms with E-state index >= 15 is 0 Å². The SMILES string of the molecule is CN(C)CCNC(=O)c1cccc(N(C)S(=O)(=O)c2ccccc2)c1. The number of nitrogens with zero attached hydrogens (tertiary/aromatic N) is 2. The smallest absolute Gasteiger partial charge is 0.264 e. The van der Waals surface area contributed by atoms with Crippen LogP contribution in [0.3, 0.4) is 0 Å². The van der Waals surface area contributed by atoms with Gasteiger partial charge in [-0.1, -0.05) is 24.3 Å². The molecule has 6 nitrogen and oxygen atoms in total. The predicted molar refractivity (Wildman–Crippen MR) is 99.4 cm³/mol. The minimum absolute atomic E-state index is 0.207. The van der Waals surface area contributed by atoms with Gasteiger partial charge in [0, 0.05) is 25.7 Å². The minimum atomic E-state index is -3.67. The van der Waals surface area contributed by atoms with Gasteiger partial charge in [-0.05, 0) is 44.4 Å². The van der Waals surface area contributed by atoms with Gasteiger partial charge in [-0.15, -0.1) is 0 Å². The lowest BCUT2D eigenvalue weighted by Gasteiger charge is -2.20. The number of likely N-dealkylation sites (N-methyl/N-ethyl adjacent to an activating group) is 1. The zero-order valence-electron chi connectivity index (χ0n) is 14.6. The molecule has 0 fully saturated rings. The highest BCUT2D eigenvalue weighted by Gasteiger charge is 2.21. The second-order valence-electron chi connectivity index (χ2n) is 5.90. The highest BCUT2D eigenvalue weighted by molar-refractivity contribution is 7.92. The number of carbonyl (C=O) groups excluding carboxylic acids is 1. The highest BCUT2D eigenvalue weighted by Crippen LogP contribution is 2.22. The molecular formula is C18H23N3O3S. The number of sulfonamides is 1. The van der Waals surface area contributed by atoms with Crippen LogP contribution in [0.4, 0.5) is 5.69 Å². The van der Waals surface area contributed by atoms with Crippen molar-refractivity contribution < 1.29 is 13.2 Å².